The Morgan fingerprint density at radius 3 is 2.26 bits per heavy atom. The van der Waals surface area contributed by atoms with E-state index in [2.05, 4.69) is 25.3 Å². The number of pyridine rings is 2. The van der Waals surface area contributed by atoms with E-state index >= 15 is 0 Å². The highest BCUT2D eigenvalue weighted by atomic mass is 19.1. The molecule has 0 saturated heterocycles. The van der Waals surface area contributed by atoms with E-state index in [1.165, 1.54) is 6.07 Å². The number of rotatable bonds is 5. The zero-order valence-corrected chi connectivity index (χ0v) is 14.4. The molecule has 132 valence electrons. The highest BCUT2D eigenvalue weighted by Gasteiger charge is 2.11. The standard InChI is InChI=1S/C21H16FN5/c22-18-4-2-1-3-17(18)19-13-20(25-14-15-5-9-23-10-6-15)27-21(26-19)16-7-11-24-12-8-16/h1-13H,14H2,(H,25,26,27). The van der Waals surface area contributed by atoms with Crippen molar-refractivity contribution in [1.29, 1.82) is 0 Å². The molecule has 0 unspecified atom stereocenters. The molecule has 1 aromatic carbocycles. The third-order valence-electron chi connectivity index (χ3n) is 4.04. The Kier molecular flexibility index (Phi) is 4.78. The second-order valence-corrected chi connectivity index (χ2v) is 5.89. The molecular formula is C21H16FN5. The van der Waals surface area contributed by atoms with Gasteiger partial charge < -0.3 is 5.32 Å². The Balaban J connectivity index is 1.74. The third-order valence-corrected chi connectivity index (χ3v) is 4.04. The van der Waals surface area contributed by atoms with Gasteiger partial charge in [0.1, 0.15) is 11.6 Å². The molecule has 3 heterocycles. The van der Waals surface area contributed by atoms with Crippen LogP contribution in [0.25, 0.3) is 22.6 Å². The highest BCUT2D eigenvalue weighted by Crippen LogP contribution is 2.26. The number of nitrogens with one attached hydrogen (secondary N) is 1. The van der Waals surface area contributed by atoms with E-state index in [1.54, 1.807) is 49.1 Å². The fourth-order valence-corrected chi connectivity index (χ4v) is 2.67. The Morgan fingerprint density at radius 2 is 1.52 bits per heavy atom. The van der Waals surface area contributed by atoms with Crippen LogP contribution in [0.4, 0.5) is 10.2 Å². The molecule has 0 bridgehead atoms. The SMILES string of the molecule is Fc1ccccc1-c1cc(NCc2ccncc2)nc(-c2ccncc2)n1. The summed E-state index contributed by atoms with van der Waals surface area (Å²) in [5.41, 5.74) is 2.84. The van der Waals surface area contributed by atoms with Gasteiger partial charge in [-0.05, 0) is 42.0 Å². The first-order valence-electron chi connectivity index (χ1n) is 8.47. The van der Waals surface area contributed by atoms with Crippen LogP contribution < -0.4 is 5.32 Å². The fourth-order valence-electron chi connectivity index (χ4n) is 2.67. The summed E-state index contributed by atoms with van der Waals surface area (Å²) >= 11 is 0. The lowest BCUT2D eigenvalue weighted by Gasteiger charge is -2.11. The normalized spacial score (nSPS) is 10.6. The van der Waals surface area contributed by atoms with E-state index in [0.29, 0.717) is 29.4 Å². The van der Waals surface area contributed by atoms with Crippen molar-refractivity contribution in [3.05, 3.63) is 90.8 Å². The van der Waals surface area contributed by atoms with Crippen molar-refractivity contribution in [2.45, 2.75) is 6.54 Å². The molecule has 0 amide bonds. The molecule has 0 radical (unpaired) electrons. The minimum Gasteiger partial charge on any atom is -0.366 e. The van der Waals surface area contributed by atoms with Crippen molar-refractivity contribution in [2.24, 2.45) is 0 Å². The van der Waals surface area contributed by atoms with Crippen molar-refractivity contribution in [3.63, 3.8) is 0 Å². The molecule has 4 rings (SSSR count). The summed E-state index contributed by atoms with van der Waals surface area (Å²) in [5, 5.41) is 3.28. The molecule has 0 aliphatic heterocycles. The van der Waals surface area contributed by atoms with Gasteiger partial charge in [-0.1, -0.05) is 12.1 Å². The lowest BCUT2D eigenvalue weighted by atomic mass is 10.1. The van der Waals surface area contributed by atoms with Crippen molar-refractivity contribution in [1.82, 2.24) is 19.9 Å². The molecule has 3 aromatic heterocycles. The van der Waals surface area contributed by atoms with Gasteiger partial charge >= 0.3 is 0 Å². The van der Waals surface area contributed by atoms with Gasteiger partial charge in [-0.25, -0.2) is 14.4 Å². The zero-order chi connectivity index (χ0) is 18.5. The first-order valence-corrected chi connectivity index (χ1v) is 8.47. The first-order chi connectivity index (χ1) is 13.3. The molecule has 5 nitrogen and oxygen atoms in total. The van der Waals surface area contributed by atoms with Gasteiger partial charge in [-0.15, -0.1) is 0 Å². The minimum atomic E-state index is -0.322. The fraction of sp³-hybridized carbons (Fsp3) is 0.0476. The monoisotopic (exact) mass is 357 g/mol. The van der Waals surface area contributed by atoms with E-state index in [0.717, 1.165) is 11.1 Å². The predicted octanol–water partition coefficient (Wildman–Crippen LogP) is 4.35. The number of halogens is 1. The second-order valence-electron chi connectivity index (χ2n) is 5.89. The Labute approximate surface area is 156 Å². The van der Waals surface area contributed by atoms with Gasteiger partial charge in [0.25, 0.3) is 0 Å². The summed E-state index contributed by atoms with van der Waals surface area (Å²) in [5.74, 6) is 0.805. The quantitative estimate of drug-likeness (QED) is 0.575. The summed E-state index contributed by atoms with van der Waals surface area (Å²) in [6, 6.07) is 15.8. The molecule has 0 spiro atoms. The van der Waals surface area contributed by atoms with E-state index in [-0.39, 0.29) is 5.82 Å². The van der Waals surface area contributed by atoms with Crippen molar-refractivity contribution in [3.8, 4) is 22.6 Å². The van der Waals surface area contributed by atoms with Gasteiger partial charge in [-0.3, -0.25) is 9.97 Å². The Hall–Kier alpha value is -3.67. The van der Waals surface area contributed by atoms with Crippen LogP contribution in [0.3, 0.4) is 0 Å². The van der Waals surface area contributed by atoms with Gasteiger partial charge in [0.15, 0.2) is 5.82 Å². The van der Waals surface area contributed by atoms with Crippen LogP contribution in [0.5, 0.6) is 0 Å². The average molecular weight is 357 g/mol. The average Bonchev–Trinajstić information content (AvgIpc) is 2.74. The maximum Gasteiger partial charge on any atom is 0.162 e. The van der Waals surface area contributed by atoms with Crippen molar-refractivity contribution >= 4 is 5.82 Å². The molecule has 6 heteroatoms. The van der Waals surface area contributed by atoms with E-state index in [1.807, 2.05) is 24.3 Å². The van der Waals surface area contributed by atoms with E-state index in [4.69, 9.17) is 0 Å². The Morgan fingerprint density at radius 1 is 0.815 bits per heavy atom. The summed E-state index contributed by atoms with van der Waals surface area (Å²) < 4.78 is 14.3. The number of benzene rings is 1. The number of hydrogen-bond donors (Lipinski definition) is 1. The maximum atomic E-state index is 14.3. The van der Waals surface area contributed by atoms with Crippen LogP contribution in [0.2, 0.25) is 0 Å². The topological polar surface area (TPSA) is 63.6 Å². The number of hydrogen-bond acceptors (Lipinski definition) is 5. The van der Waals surface area contributed by atoms with E-state index in [9.17, 15) is 4.39 Å². The minimum absolute atomic E-state index is 0.322. The molecule has 4 aromatic rings. The number of anilines is 1. The molecule has 1 N–H and O–H groups in total. The van der Waals surface area contributed by atoms with Crippen LogP contribution in [-0.2, 0) is 6.54 Å². The molecule has 27 heavy (non-hydrogen) atoms. The Bertz CT molecular complexity index is 1040. The lowest BCUT2D eigenvalue weighted by Crippen LogP contribution is -2.04. The molecule has 0 aliphatic carbocycles. The summed E-state index contributed by atoms with van der Waals surface area (Å²) in [6.45, 7) is 0.575. The number of aromatic nitrogens is 4. The first kappa shape index (κ1) is 16.8. The van der Waals surface area contributed by atoms with Crippen LogP contribution in [0.15, 0.2) is 79.4 Å². The molecule has 0 fully saturated rings. The van der Waals surface area contributed by atoms with Crippen LogP contribution in [0, 0.1) is 5.82 Å². The van der Waals surface area contributed by atoms with E-state index < -0.39 is 0 Å². The largest absolute Gasteiger partial charge is 0.366 e. The van der Waals surface area contributed by atoms with Gasteiger partial charge in [0.2, 0.25) is 0 Å². The van der Waals surface area contributed by atoms with Crippen molar-refractivity contribution < 1.29 is 4.39 Å². The van der Waals surface area contributed by atoms with Gasteiger partial charge in [0, 0.05) is 48.5 Å². The number of nitrogens with zero attached hydrogens (tertiary/aromatic N) is 4. The van der Waals surface area contributed by atoms with Gasteiger partial charge in [0.05, 0.1) is 5.69 Å². The highest BCUT2D eigenvalue weighted by molar-refractivity contribution is 5.67. The predicted molar refractivity (Wildman–Crippen MR) is 102 cm³/mol. The van der Waals surface area contributed by atoms with Crippen LogP contribution >= 0.6 is 0 Å². The smallest absolute Gasteiger partial charge is 0.162 e. The maximum absolute atomic E-state index is 14.3. The van der Waals surface area contributed by atoms with Crippen LogP contribution in [-0.4, -0.2) is 19.9 Å². The second kappa shape index (κ2) is 7.70. The molecule has 0 saturated carbocycles. The lowest BCUT2D eigenvalue weighted by molar-refractivity contribution is 0.630. The van der Waals surface area contributed by atoms with Gasteiger partial charge in [-0.2, -0.15) is 0 Å². The van der Waals surface area contributed by atoms with Crippen LogP contribution in [0.1, 0.15) is 5.56 Å². The molecular weight excluding hydrogens is 341 g/mol. The molecule has 0 atom stereocenters. The third kappa shape index (κ3) is 3.95. The zero-order valence-electron chi connectivity index (χ0n) is 14.4. The molecule has 0 aliphatic rings. The summed E-state index contributed by atoms with van der Waals surface area (Å²) in [4.78, 5) is 17.2. The van der Waals surface area contributed by atoms with Crippen molar-refractivity contribution in [2.75, 3.05) is 5.32 Å². The summed E-state index contributed by atoms with van der Waals surface area (Å²) in [7, 11) is 0. The summed E-state index contributed by atoms with van der Waals surface area (Å²) in [6.07, 6.45) is 6.84.